The first kappa shape index (κ1) is 21.8. The Hall–Kier alpha value is -3.94. The standard InChI is InChI=1S/C23H23N3O5/c1-13(2)20(21(27)26-23(24)29)31-22(28)17-12-19(14-8-10-15(30-3)11-9-14)25-18-7-5-4-6-16(17)18/h4-13,20H,1-3H3,(H3,24,26,27,29)/t20-/m0/s1. The van der Waals surface area contributed by atoms with Gasteiger partial charge in [0.15, 0.2) is 6.10 Å². The molecule has 1 aromatic heterocycles. The number of aromatic nitrogens is 1. The van der Waals surface area contributed by atoms with E-state index in [4.69, 9.17) is 15.2 Å². The maximum absolute atomic E-state index is 13.1. The highest BCUT2D eigenvalue weighted by atomic mass is 16.5. The molecule has 3 aromatic rings. The van der Waals surface area contributed by atoms with Crippen LogP contribution in [0.3, 0.4) is 0 Å². The molecule has 160 valence electrons. The van der Waals surface area contributed by atoms with Crippen molar-refractivity contribution in [2.45, 2.75) is 20.0 Å². The Labute approximate surface area is 179 Å². The number of urea groups is 1. The zero-order valence-corrected chi connectivity index (χ0v) is 17.4. The fraction of sp³-hybridized carbons (Fsp3) is 0.217. The fourth-order valence-corrected chi connectivity index (χ4v) is 3.12. The van der Waals surface area contributed by atoms with Crippen molar-refractivity contribution in [1.82, 2.24) is 10.3 Å². The molecule has 0 fully saturated rings. The van der Waals surface area contributed by atoms with Gasteiger partial charge in [-0.2, -0.15) is 0 Å². The van der Waals surface area contributed by atoms with E-state index in [1.165, 1.54) is 0 Å². The normalized spacial score (nSPS) is 11.7. The maximum atomic E-state index is 13.1. The first-order valence-electron chi connectivity index (χ1n) is 9.65. The number of imide groups is 1. The third kappa shape index (κ3) is 4.98. The number of carbonyl (C=O) groups is 3. The van der Waals surface area contributed by atoms with Crippen molar-refractivity contribution in [3.05, 3.63) is 60.2 Å². The molecule has 31 heavy (non-hydrogen) atoms. The van der Waals surface area contributed by atoms with Crippen molar-refractivity contribution in [2.24, 2.45) is 11.7 Å². The van der Waals surface area contributed by atoms with E-state index in [2.05, 4.69) is 4.98 Å². The van der Waals surface area contributed by atoms with E-state index < -0.39 is 24.0 Å². The summed E-state index contributed by atoms with van der Waals surface area (Å²) < 4.78 is 10.7. The number of nitrogens with zero attached hydrogens (tertiary/aromatic N) is 1. The summed E-state index contributed by atoms with van der Waals surface area (Å²) >= 11 is 0. The van der Waals surface area contributed by atoms with Crippen molar-refractivity contribution < 1.29 is 23.9 Å². The van der Waals surface area contributed by atoms with Crippen LogP contribution < -0.4 is 15.8 Å². The van der Waals surface area contributed by atoms with Gasteiger partial charge in [0.2, 0.25) is 0 Å². The number of nitrogens with one attached hydrogen (secondary N) is 1. The Morgan fingerprint density at radius 2 is 1.71 bits per heavy atom. The average molecular weight is 421 g/mol. The molecule has 1 atom stereocenters. The van der Waals surface area contributed by atoms with Gasteiger partial charge in [0, 0.05) is 10.9 Å². The lowest BCUT2D eigenvalue weighted by atomic mass is 10.0. The Bertz CT molecular complexity index is 1130. The number of para-hydroxylation sites is 1. The van der Waals surface area contributed by atoms with Crippen LogP contribution in [-0.2, 0) is 9.53 Å². The Morgan fingerprint density at radius 3 is 2.32 bits per heavy atom. The first-order chi connectivity index (χ1) is 14.8. The molecule has 8 nitrogen and oxygen atoms in total. The molecule has 0 radical (unpaired) electrons. The van der Waals surface area contributed by atoms with Gasteiger partial charge in [-0.25, -0.2) is 14.6 Å². The third-order valence-corrected chi connectivity index (χ3v) is 4.67. The Balaban J connectivity index is 2.02. The second-order valence-electron chi connectivity index (χ2n) is 7.22. The Kier molecular flexibility index (Phi) is 6.49. The van der Waals surface area contributed by atoms with Gasteiger partial charge in [0.05, 0.1) is 23.9 Å². The number of ether oxygens (including phenoxy) is 2. The van der Waals surface area contributed by atoms with Crippen LogP contribution in [0, 0.1) is 5.92 Å². The van der Waals surface area contributed by atoms with Gasteiger partial charge >= 0.3 is 12.0 Å². The quantitative estimate of drug-likeness (QED) is 0.589. The highest BCUT2D eigenvalue weighted by Crippen LogP contribution is 2.27. The monoisotopic (exact) mass is 421 g/mol. The lowest BCUT2D eigenvalue weighted by molar-refractivity contribution is -0.130. The van der Waals surface area contributed by atoms with Crippen LogP contribution in [0.2, 0.25) is 0 Å². The number of benzene rings is 2. The van der Waals surface area contributed by atoms with Gasteiger partial charge in [-0.05, 0) is 42.3 Å². The topological polar surface area (TPSA) is 121 Å². The molecular weight excluding hydrogens is 398 g/mol. The maximum Gasteiger partial charge on any atom is 0.339 e. The van der Waals surface area contributed by atoms with Crippen molar-refractivity contribution in [2.75, 3.05) is 7.11 Å². The van der Waals surface area contributed by atoms with Gasteiger partial charge in [-0.1, -0.05) is 32.0 Å². The summed E-state index contributed by atoms with van der Waals surface area (Å²) in [7, 11) is 1.58. The van der Waals surface area contributed by atoms with Crippen LogP contribution in [0.25, 0.3) is 22.2 Å². The van der Waals surface area contributed by atoms with Crippen LogP contribution in [0.4, 0.5) is 4.79 Å². The van der Waals surface area contributed by atoms with Crippen LogP contribution in [0.15, 0.2) is 54.6 Å². The SMILES string of the molecule is COc1ccc(-c2cc(C(=O)O[C@H](C(=O)NC(N)=O)C(C)C)c3ccccc3n2)cc1. The van der Waals surface area contributed by atoms with E-state index in [9.17, 15) is 14.4 Å². The van der Waals surface area contributed by atoms with Gasteiger partial charge in [0.25, 0.3) is 5.91 Å². The molecular formula is C23H23N3O5. The average Bonchev–Trinajstić information content (AvgIpc) is 2.75. The van der Waals surface area contributed by atoms with E-state index in [0.717, 1.165) is 5.56 Å². The van der Waals surface area contributed by atoms with E-state index >= 15 is 0 Å². The number of hydrogen-bond donors (Lipinski definition) is 2. The molecule has 0 saturated carbocycles. The summed E-state index contributed by atoms with van der Waals surface area (Å²) in [4.78, 5) is 41.0. The van der Waals surface area contributed by atoms with Gasteiger partial charge < -0.3 is 15.2 Å². The molecule has 0 aliphatic rings. The lowest BCUT2D eigenvalue weighted by Gasteiger charge is -2.20. The first-order valence-corrected chi connectivity index (χ1v) is 9.65. The molecule has 0 bridgehead atoms. The largest absolute Gasteiger partial charge is 0.497 e. The minimum absolute atomic E-state index is 0.258. The highest BCUT2D eigenvalue weighted by molar-refractivity contribution is 6.06. The number of pyridine rings is 1. The van der Waals surface area contributed by atoms with Crippen LogP contribution in [0.5, 0.6) is 5.75 Å². The minimum atomic E-state index is -1.18. The van der Waals surface area contributed by atoms with Crippen molar-refractivity contribution >= 4 is 28.8 Å². The summed E-state index contributed by atoms with van der Waals surface area (Å²) in [6.45, 7) is 3.40. The summed E-state index contributed by atoms with van der Waals surface area (Å²) in [6, 6.07) is 15.0. The summed E-state index contributed by atoms with van der Waals surface area (Å²) in [5.74, 6) is -1.15. The molecule has 2 aromatic carbocycles. The number of rotatable bonds is 6. The number of nitrogens with two attached hydrogens (primary N) is 1. The summed E-state index contributed by atoms with van der Waals surface area (Å²) in [6.07, 6.45) is -1.18. The van der Waals surface area contributed by atoms with Gasteiger partial charge in [-0.15, -0.1) is 0 Å². The highest BCUT2D eigenvalue weighted by Gasteiger charge is 2.29. The van der Waals surface area contributed by atoms with Crippen LogP contribution in [-0.4, -0.2) is 36.1 Å². The number of carbonyl (C=O) groups excluding carboxylic acids is 3. The van der Waals surface area contributed by atoms with Crippen molar-refractivity contribution in [3.8, 4) is 17.0 Å². The molecule has 0 aliphatic heterocycles. The van der Waals surface area contributed by atoms with E-state index in [0.29, 0.717) is 22.3 Å². The number of hydrogen-bond acceptors (Lipinski definition) is 6. The second kappa shape index (κ2) is 9.25. The second-order valence-corrected chi connectivity index (χ2v) is 7.22. The minimum Gasteiger partial charge on any atom is -0.497 e. The van der Waals surface area contributed by atoms with Crippen LogP contribution >= 0.6 is 0 Å². The number of fused-ring (bicyclic) bond motifs is 1. The fourth-order valence-electron chi connectivity index (χ4n) is 3.12. The number of primary amides is 1. The van der Waals surface area contributed by atoms with E-state index in [-0.39, 0.29) is 11.5 Å². The molecule has 3 amide bonds. The summed E-state index contributed by atoms with van der Waals surface area (Å²) in [5.41, 5.74) is 7.23. The zero-order chi connectivity index (χ0) is 22.5. The predicted octanol–water partition coefficient (Wildman–Crippen LogP) is 3.29. The van der Waals surface area contributed by atoms with Gasteiger partial charge in [0.1, 0.15) is 5.75 Å². The van der Waals surface area contributed by atoms with Crippen molar-refractivity contribution in [1.29, 1.82) is 0 Å². The Morgan fingerprint density at radius 1 is 1.03 bits per heavy atom. The smallest absolute Gasteiger partial charge is 0.339 e. The van der Waals surface area contributed by atoms with E-state index in [1.807, 2.05) is 23.5 Å². The number of methoxy groups -OCH3 is 1. The lowest BCUT2D eigenvalue weighted by Crippen LogP contribution is -2.45. The van der Waals surface area contributed by atoms with Crippen molar-refractivity contribution in [3.63, 3.8) is 0 Å². The molecule has 0 unspecified atom stereocenters. The van der Waals surface area contributed by atoms with Crippen LogP contribution in [0.1, 0.15) is 24.2 Å². The molecule has 3 rings (SSSR count). The number of esters is 1. The summed E-state index contributed by atoms with van der Waals surface area (Å²) in [5, 5.41) is 2.55. The van der Waals surface area contributed by atoms with Gasteiger partial charge in [-0.3, -0.25) is 10.1 Å². The molecule has 3 N–H and O–H groups in total. The number of amides is 3. The predicted molar refractivity (Wildman–Crippen MR) is 115 cm³/mol. The molecule has 1 heterocycles. The molecule has 0 aliphatic carbocycles. The van der Waals surface area contributed by atoms with E-state index in [1.54, 1.807) is 57.4 Å². The zero-order valence-electron chi connectivity index (χ0n) is 17.4. The third-order valence-electron chi connectivity index (χ3n) is 4.67. The molecule has 0 saturated heterocycles. The molecule has 8 heteroatoms. The molecule has 0 spiro atoms.